The summed E-state index contributed by atoms with van der Waals surface area (Å²) in [5.41, 5.74) is 0. The number of sulfone groups is 1. The van der Waals surface area contributed by atoms with E-state index in [1.54, 1.807) is 6.07 Å². The molecule has 0 aliphatic carbocycles. The summed E-state index contributed by atoms with van der Waals surface area (Å²) in [7, 11) is -3.04. The van der Waals surface area contributed by atoms with Crippen molar-refractivity contribution >= 4 is 15.8 Å². The molecule has 0 fully saturated rings. The minimum absolute atomic E-state index is 0.108. The zero-order valence-corrected chi connectivity index (χ0v) is 9.22. The number of esters is 1. The largest absolute Gasteiger partial charge is 0.508 e. The van der Waals surface area contributed by atoms with E-state index < -0.39 is 21.2 Å². The summed E-state index contributed by atoms with van der Waals surface area (Å²) in [5.74, 6) is -1.13. The van der Waals surface area contributed by atoms with Crippen molar-refractivity contribution in [1.29, 1.82) is 5.39 Å². The number of carbonyl (C=O) groups is 1. The van der Waals surface area contributed by atoms with E-state index >= 15 is 0 Å². The monoisotopic (exact) mass is 241 g/mol. The van der Waals surface area contributed by atoms with Crippen LogP contribution in [0, 0.1) is 5.39 Å². The number of methoxy groups -OCH3 is 1. The highest BCUT2D eigenvalue weighted by Gasteiger charge is 2.46. The molecule has 84 valence electrons. The van der Waals surface area contributed by atoms with Crippen molar-refractivity contribution in [2.24, 2.45) is 0 Å². The Labute approximate surface area is 92.4 Å². The van der Waals surface area contributed by atoms with Crippen LogP contribution in [0.15, 0.2) is 35.2 Å². The first-order chi connectivity index (χ1) is 7.54. The topological polar surface area (TPSA) is 88.6 Å². The van der Waals surface area contributed by atoms with Crippen molar-refractivity contribution in [3.05, 3.63) is 35.3 Å². The number of ether oxygens (including phenoxy) is 1. The summed E-state index contributed by atoms with van der Waals surface area (Å²) in [4.78, 5) is 13.5. The van der Waals surface area contributed by atoms with Crippen LogP contribution in [0.1, 0.15) is 0 Å². The fourth-order valence-electron chi connectivity index (χ4n) is 1.08. The molecule has 1 atom stereocenters. The van der Waals surface area contributed by atoms with Gasteiger partial charge in [-0.2, -0.15) is 0 Å². The van der Waals surface area contributed by atoms with E-state index in [4.69, 9.17) is 5.39 Å². The van der Waals surface area contributed by atoms with E-state index in [0.29, 0.717) is 0 Å². The molecular weight excluding hydrogens is 232 g/mol. The Kier molecular flexibility index (Phi) is 3.58. The molecule has 0 saturated carbocycles. The number of hydrogen-bond donors (Lipinski definition) is 0. The Morgan fingerprint density at radius 3 is 2.38 bits per heavy atom. The quantitative estimate of drug-likeness (QED) is 0.577. The lowest BCUT2D eigenvalue weighted by Crippen LogP contribution is -2.28. The number of nitrogens with zero attached hydrogens (tertiary/aromatic N) is 2. The molecule has 0 heterocycles. The lowest BCUT2D eigenvalue weighted by atomic mass is 10.4. The van der Waals surface area contributed by atoms with Gasteiger partial charge in [0.1, 0.15) is 0 Å². The summed E-state index contributed by atoms with van der Waals surface area (Å²) in [6, 6.07) is 7.23. The highest BCUT2D eigenvalue weighted by atomic mass is 32.2. The highest BCUT2D eigenvalue weighted by Crippen LogP contribution is 2.17. The standard InChI is InChI=1S/C9H9N2O4S/c1-15-9(12)8(11-10)16(13,14)7-5-3-2-4-6-7/h2-6,8H,1H3/q+1. The average Bonchev–Trinajstić information content (AvgIpc) is 2.30. The molecule has 0 radical (unpaired) electrons. The number of hydrogen-bond acceptors (Lipinski definition) is 5. The van der Waals surface area contributed by atoms with Crippen LogP contribution in [0.3, 0.4) is 0 Å². The Hall–Kier alpha value is -1.94. The molecule has 1 unspecified atom stereocenters. The summed E-state index contributed by atoms with van der Waals surface area (Å²) in [6.07, 6.45) is 0. The van der Waals surface area contributed by atoms with E-state index in [0.717, 1.165) is 7.11 Å². The third-order valence-corrected chi connectivity index (χ3v) is 3.68. The molecule has 0 aliphatic rings. The van der Waals surface area contributed by atoms with Gasteiger partial charge in [0.25, 0.3) is 9.84 Å². The molecule has 0 N–H and O–H groups in total. The predicted molar refractivity (Wildman–Crippen MR) is 54.5 cm³/mol. The number of carbonyl (C=O) groups excluding carboxylic acids is 1. The zero-order valence-electron chi connectivity index (χ0n) is 8.40. The van der Waals surface area contributed by atoms with E-state index in [1.807, 2.05) is 0 Å². The van der Waals surface area contributed by atoms with Crippen molar-refractivity contribution in [3.8, 4) is 0 Å². The first-order valence-electron chi connectivity index (χ1n) is 4.25. The molecule has 0 aliphatic heterocycles. The first kappa shape index (κ1) is 12.1. The molecule has 0 saturated heterocycles. The summed E-state index contributed by atoms with van der Waals surface area (Å²) < 4.78 is 27.9. The summed E-state index contributed by atoms with van der Waals surface area (Å²) in [6.45, 7) is 0. The van der Waals surface area contributed by atoms with Crippen molar-refractivity contribution in [3.63, 3.8) is 0 Å². The molecule has 1 aromatic carbocycles. The van der Waals surface area contributed by atoms with Crippen LogP contribution in [-0.2, 0) is 19.4 Å². The van der Waals surface area contributed by atoms with Gasteiger partial charge in [0.15, 0.2) is 4.98 Å². The SMILES string of the molecule is COC(=O)C([N+]#N)S(=O)(=O)c1ccccc1. The summed E-state index contributed by atoms with van der Waals surface area (Å²) in [5, 5.41) is 6.62. The van der Waals surface area contributed by atoms with Crippen LogP contribution in [0.5, 0.6) is 0 Å². The fraction of sp³-hybridized carbons (Fsp3) is 0.222. The molecule has 0 aromatic heterocycles. The molecule has 16 heavy (non-hydrogen) atoms. The summed E-state index contributed by atoms with van der Waals surface area (Å²) >= 11 is 0. The normalized spacial score (nSPS) is 12.5. The van der Waals surface area contributed by atoms with Gasteiger partial charge in [0.05, 0.1) is 12.0 Å². The van der Waals surface area contributed by atoms with E-state index in [9.17, 15) is 13.2 Å². The Morgan fingerprint density at radius 1 is 1.38 bits per heavy atom. The molecular formula is C9H9N2O4S+. The maximum absolute atomic E-state index is 11.8. The van der Waals surface area contributed by atoms with E-state index in [-0.39, 0.29) is 4.90 Å². The molecule has 7 heteroatoms. The Morgan fingerprint density at radius 2 is 1.94 bits per heavy atom. The minimum Gasteiger partial charge on any atom is -0.462 e. The second kappa shape index (κ2) is 4.72. The van der Waals surface area contributed by atoms with Gasteiger partial charge in [-0.05, 0) is 12.1 Å². The van der Waals surface area contributed by atoms with Gasteiger partial charge in [0.2, 0.25) is 5.39 Å². The highest BCUT2D eigenvalue weighted by molar-refractivity contribution is 7.93. The minimum atomic E-state index is -4.05. The molecule has 0 spiro atoms. The lowest BCUT2D eigenvalue weighted by molar-refractivity contribution is -0.139. The van der Waals surface area contributed by atoms with Gasteiger partial charge in [-0.1, -0.05) is 18.2 Å². The average molecular weight is 241 g/mol. The fourth-order valence-corrected chi connectivity index (χ4v) is 2.34. The molecule has 6 nitrogen and oxygen atoms in total. The Balaban J connectivity index is 3.22. The Bertz CT molecular complexity index is 518. The van der Waals surface area contributed by atoms with Crippen LogP contribution in [0.2, 0.25) is 0 Å². The van der Waals surface area contributed by atoms with Crippen LogP contribution in [-0.4, -0.2) is 26.9 Å². The van der Waals surface area contributed by atoms with Gasteiger partial charge in [0, 0.05) is 0 Å². The first-order valence-corrected chi connectivity index (χ1v) is 5.79. The van der Waals surface area contributed by atoms with Crippen LogP contribution < -0.4 is 0 Å². The van der Waals surface area contributed by atoms with Gasteiger partial charge >= 0.3 is 11.3 Å². The lowest BCUT2D eigenvalue weighted by Gasteiger charge is -2.00. The second-order valence-corrected chi connectivity index (χ2v) is 4.86. The third kappa shape index (κ3) is 2.17. The van der Waals surface area contributed by atoms with Gasteiger partial charge in [-0.15, -0.1) is 0 Å². The molecule has 0 amide bonds. The third-order valence-electron chi connectivity index (χ3n) is 1.87. The molecule has 1 aromatic rings. The molecule has 0 bridgehead atoms. The predicted octanol–water partition coefficient (Wildman–Crippen LogP) is 0.812. The van der Waals surface area contributed by atoms with Crippen molar-refractivity contribution < 1.29 is 17.9 Å². The van der Waals surface area contributed by atoms with E-state index in [2.05, 4.69) is 9.71 Å². The van der Waals surface area contributed by atoms with Crippen LogP contribution >= 0.6 is 0 Å². The maximum atomic E-state index is 11.8. The van der Waals surface area contributed by atoms with Crippen molar-refractivity contribution in [2.45, 2.75) is 10.3 Å². The van der Waals surface area contributed by atoms with Crippen LogP contribution in [0.25, 0.3) is 4.98 Å². The zero-order chi connectivity index (χ0) is 12.2. The van der Waals surface area contributed by atoms with Gasteiger partial charge in [-0.3, -0.25) is 0 Å². The second-order valence-electron chi connectivity index (χ2n) is 2.85. The van der Waals surface area contributed by atoms with Crippen molar-refractivity contribution in [1.82, 2.24) is 0 Å². The van der Waals surface area contributed by atoms with Gasteiger partial charge < -0.3 is 4.74 Å². The molecule has 1 rings (SSSR count). The number of diazo groups is 1. The number of rotatable bonds is 3. The number of benzene rings is 1. The van der Waals surface area contributed by atoms with Crippen molar-refractivity contribution in [2.75, 3.05) is 7.11 Å². The maximum Gasteiger partial charge on any atom is 0.508 e. The van der Waals surface area contributed by atoms with Gasteiger partial charge in [-0.25, -0.2) is 13.2 Å². The van der Waals surface area contributed by atoms with E-state index in [1.165, 1.54) is 24.3 Å². The smallest absolute Gasteiger partial charge is 0.462 e. The van der Waals surface area contributed by atoms with Crippen LogP contribution in [0.4, 0.5) is 0 Å².